The maximum atomic E-state index is 13.1. The largest absolute Gasteiger partial charge is 0.367 e. The maximum absolute atomic E-state index is 13.1. The third-order valence-electron chi connectivity index (χ3n) is 3.43. The molecule has 0 fully saturated rings. The quantitative estimate of drug-likeness (QED) is 0.507. The van der Waals surface area contributed by atoms with Gasteiger partial charge >= 0.3 is 0 Å². The van der Waals surface area contributed by atoms with E-state index in [0.29, 0.717) is 18.2 Å². The van der Waals surface area contributed by atoms with E-state index in [0.717, 1.165) is 11.8 Å². The first kappa shape index (κ1) is 18.7. The van der Waals surface area contributed by atoms with Crippen LogP contribution in [0.2, 0.25) is 0 Å². The summed E-state index contributed by atoms with van der Waals surface area (Å²) in [6.45, 7) is 0.398. The summed E-state index contributed by atoms with van der Waals surface area (Å²) in [7, 11) is -3.76. The van der Waals surface area contributed by atoms with Crippen molar-refractivity contribution in [2.45, 2.75) is 4.90 Å². The Kier molecular flexibility index (Phi) is 5.89. The van der Waals surface area contributed by atoms with E-state index in [-0.39, 0.29) is 11.4 Å². The van der Waals surface area contributed by atoms with Gasteiger partial charge in [-0.15, -0.1) is 10.2 Å². The number of anilines is 3. The molecule has 0 bridgehead atoms. The summed E-state index contributed by atoms with van der Waals surface area (Å²) in [6.07, 6.45) is 3.34. The highest BCUT2D eigenvalue weighted by Gasteiger charge is 2.13. The van der Waals surface area contributed by atoms with Crippen LogP contribution < -0.4 is 15.4 Å². The molecule has 0 aliphatic heterocycles. The van der Waals surface area contributed by atoms with Gasteiger partial charge in [0.15, 0.2) is 5.82 Å². The van der Waals surface area contributed by atoms with Gasteiger partial charge < -0.3 is 10.6 Å². The molecule has 0 radical (unpaired) electrons. The predicted molar refractivity (Wildman–Crippen MR) is 99.6 cm³/mol. The Labute approximate surface area is 155 Å². The lowest BCUT2D eigenvalue weighted by atomic mass is 10.4. The Morgan fingerprint density at radius 1 is 0.963 bits per heavy atom. The molecule has 0 saturated carbocycles. The number of nitrogens with zero attached hydrogens (tertiary/aromatic N) is 3. The predicted octanol–water partition coefficient (Wildman–Crippen LogP) is 2.14. The Bertz CT molecular complexity index is 984. The molecule has 27 heavy (non-hydrogen) atoms. The van der Waals surface area contributed by atoms with E-state index in [1.165, 1.54) is 18.2 Å². The number of pyridine rings is 1. The zero-order valence-electron chi connectivity index (χ0n) is 14.1. The minimum atomic E-state index is -3.76. The standard InChI is InChI=1S/C17H17FN6O2S/c18-13-3-1-5-15(11-13)27(25,26)21-10-9-20-16-6-7-17(24-23-16)22-14-4-2-8-19-12-14/h1-8,11-12,21H,9-10H2,(H,20,23)(H,22,24). The number of rotatable bonds is 8. The molecule has 10 heteroatoms. The van der Waals surface area contributed by atoms with Crippen LogP contribution in [0.15, 0.2) is 65.8 Å². The van der Waals surface area contributed by atoms with Crippen molar-refractivity contribution in [3.05, 3.63) is 66.7 Å². The second-order valence-corrected chi connectivity index (χ2v) is 7.22. The Morgan fingerprint density at radius 3 is 2.48 bits per heavy atom. The molecule has 0 saturated heterocycles. The first-order chi connectivity index (χ1) is 13.0. The third-order valence-corrected chi connectivity index (χ3v) is 4.89. The first-order valence-electron chi connectivity index (χ1n) is 8.03. The Balaban J connectivity index is 1.48. The molecule has 3 aromatic rings. The molecule has 0 spiro atoms. The van der Waals surface area contributed by atoms with Gasteiger partial charge in [0.05, 0.1) is 16.8 Å². The number of aromatic nitrogens is 3. The molecule has 1 aromatic carbocycles. The molecule has 3 rings (SSSR count). The van der Waals surface area contributed by atoms with Crippen LogP contribution in [0.25, 0.3) is 0 Å². The van der Waals surface area contributed by atoms with Crippen LogP contribution in [0, 0.1) is 5.82 Å². The van der Waals surface area contributed by atoms with E-state index in [2.05, 4.69) is 30.5 Å². The van der Waals surface area contributed by atoms with Crippen LogP contribution in [0.1, 0.15) is 0 Å². The van der Waals surface area contributed by atoms with Crippen LogP contribution in [-0.2, 0) is 10.0 Å². The molecular formula is C17H17FN6O2S. The number of halogens is 1. The van der Waals surface area contributed by atoms with Gasteiger partial charge in [-0.2, -0.15) is 0 Å². The molecule has 8 nitrogen and oxygen atoms in total. The maximum Gasteiger partial charge on any atom is 0.240 e. The van der Waals surface area contributed by atoms with Gasteiger partial charge in [0.25, 0.3) is 0 Å². The van der Waals surface area contributed by atoms with Crippen LogP contribution in [0.5, 0.6) is 0 Å². The normalized spacial score (nSPS) is 11.1. The molecule has 2 heterocycles. The number of hydrogen-bond acceptors (Lipinski definition) is 7. The third kappa shape index (κ3) is 5.43. The van der Waals surface area contributed by atoms with Gasteiger partial charge in [0.1, 0.15) is 11.6 Å². The SMILES string of the molecule is O=S(=O)(NCCNc1ccc(Nc2cccnc2)nn1)c1cccc(F)c1. The van der Waals surface area contributed by atoms with Gasteiger partial charge in [0, 0.05) is 19.3 Å². The summed E-state index contributed by atoms with van der Waals surface area (Å²) in [4.78, 5) is 3.88. The van der Waals surface area contributed by atoms with Gasteiger partial charge in [0.2, 0.25) is 10.0 Å². The highest BCUT2D eigenvalue weighted by molar-refractivity contribution is 7.89. The van der Waals surface area contributed by atoms with Crippen molar-refractivity contribution in [2.24, 2.45) is 0 Å². The average Bonchev–Trinajstić information content (AvgIpc) is 2.67. The highest BCUT2D eigenvalue weighted by atomic mass is 32.2. The van der Waals surface area contributed by atoms with Gasteiger partial charge in [-0.05, 0) is 42.5 Å². The van der Waals surface area contributed by atoms with Crippen LogP contribution >= 0.6 is 0 Å². The minimum absolute atomic E-state index is 0.107. The van der Waals surface area contributed by atoms with Gasteiger partial charge in [-0.1, -0.05) is 6.07 Å². The topological polar surface area (TPSA) is 109 Å². The summed E-state index contributed by atoms with van der Waals surface area (Å²) < 4.78 is 39.7. The van der Waals surface area contributed by atoms with E-state index in [1.807, 2.05) is 6.07 Å². The molecule has 3 N–H and O–H groups in total. The smallest absolute Gasteiger partial charge is 0.240 e. The lowest BCUT2D eigenvalue weighted by molar-refractivity contribution is 0.579. The average molecular weight is 388 g/mol. The summed E-state index contributed by atoms with van der Waals surface area (Å²) in [5.41, 5.74) is 0.791. The van der Waals surface area contributed by atoms with E-state index in [1.54, 1.807) is 30.6 Å². The Hall–Kier alpha value is -3.11. The molecule has 0 aliphatic carbocycles. The molecular weight excluding hydrogens is 371 g/mol. The van der Waals surface area contributed by atoms with Crippen molar-refractivity contribution in [1.29, 1.82) is 0 Å². The van der Waals surface area contributed by atoms with Crippen molar-refractivity contribution in [3.63, 3.8) is 0 Å². The number of sulfonamides is 1. The summed E-state index contributed by atoms with van der Waals surface area (Å²) in [6, 6.07) is 11.9. The Morgan fingerprint density at radius 2 is 1.78 bits per heavy atom. The molecule has 0 atom stereocenters. The van der Waals surface area contributed by atoms with Crippen LogP contribution in [0.3, 0.4) is 0 Å². The second kappa shape index (κ2) is 8.52. The zero-order chi connectivity index (χ0) is 19.1. The van der Waals surface area contributed by atoms with Crippen molar-refractivity contribution in [3.8, 4) is 0 Å². The molecule has 0 unspecified atom stereocenters. The summed E-state index contributed by atoms with van der Waals surface area (Å²) >= 11 is 0. The van der Waals surface area contributed by atoms with E-state index in [9.17, 15) is 12.8 Å². The highest BCUT2D eigenvalue weighted by Crippen LogP contribution is 2.13. The number of nitrogens with one attached hydrogen (secondary N) is 3. The fraction of sp³-hybridized carbons (Fsp3) is 0.118. The lowest BCUT2D eigenvalue weighted by Gasteiger charge is -2.09. The molecule has 0 amide bonds. The van der Waals surface area contributed by atoms with Crippen LogP contribution in [0.4, 0.5) is 21.7 Å². The van der Waals surface area contributed by atoms with Crippen molar-refractivity contribution in [1.82, 2.24) is 19.9 Å². The lowest BCUT2D eigenvalue weighted by Crippen LogP contribution is -2.29. The van der Waals surface area contributed by atoms with Crippen molar-refractivity contribution < 1.29 is 12.8 Å². The molecule has 0 aliphatic rings. The monoisotopic (exact) mass is 388 g/mol. The van der Waals surface area contributed by atoms with E-state index < -0.39 is 15.8 Å². The summed E-state index contributed by atoms with van der Waals surface area (Å²) in [5, 5.41) is 14.0. The molecule has 2 aromatic heterocycles. The van der Waals surface area contributed by atoms with Gasteiger partial charge in [-0.3, -0.25) is 4.98 Å². The van der Waals surface area contributed by atoms with E-state index in [4.69, 9.17) is 0 Å². The van der Waals surface area contributed by atoms with Crippen LogP contribution in [-0.4, -0.2) is 36.7 Å². The zero-order valence-corrected chi connectivity index (χ0v) is 14.9. The molecule has 140 valence electrons. The second-order valence-electron chi connectivity index (χ2n) is 5.45. The fourth-order valence-electron chi connectivity index (χ4n) is 2.17. The van der Waals surface area contributed by atoms with Crippen molar-refractivity contribution >= 4 is 27.3 Å². The van der Waals surface area contributed by atoms with E-state index >= 15 is 0 Å². The fourth-order valence-corrected chi connectivity index (χ4v) is 3.23. The number of benzene rings is 1. The first-order valence-corrected chi connectivity index (χ1v) is 9.51. The van der Waals surface area contributed by atoms with Crippen molar-refractivity contribution in [2.75, 3.05) is 23.7 Å². The minimum Gasteiger partial charge on any atom is -0.367 e. The van der Waals surface area contributed by atoms with Gasteiger partial charge in [-0.25, -0.2) is 17.5 Å². The number of hydrogen-bond donors (Lipinski definition) is 3. The summed E-state index contributed by atoms with van der Waals surface area (Å²) in [5.74, 6) is 0.448.